The van der Waals surface area contributed by atoms with Gasteiger partial charge in [-0.2, -0.15) is 5.26 Å². The molecule has 0 spiro atoms. The van der Waals surface area contributed by atoms with Crippen LogP contribution in [0.1, 0.15) is 31.7 Å². The molecule has 20 heavy (non-hydrogen) atoms. The molecule has 4 nitrogen and oxygen atoms in total. The van der Waals surface area contributed by atoms with Crippen LogP contribution in [-0.4, -0.2) is 30.1 Å². The van der Waals surface area contributed by atoms with Crippen molar-refractivity contribution in [2.45, 2.75) is 38.3 Å². The first kappa shape index (κ1) is 14.8. The molecule has 0 saturated carbocycles. The second-order valence-corrected chi connectivity index (χ2v) is 5.72. The van der Waals surface area contributed by atoms with Gasteiger partial charge in [0.15, 0.2) is 0 Å². The molecule has 0 aliphatic carbocycles. The van der Waals surface area contributed by atoms with Crippen LogP contribution >= 0.6 is 0 Å². The maximum absolute atomic E-state index is 8.89. The van der Waals surface area contributed by atoms with Crippen LogP contribution in [-0.2, 0) is 6.54 Å². The second-order valence-electron chi connectivity index (χ2n) is 5.72. The van der Waals surface area contributed by atoms with Crippen molar-refractivity contribution < 1.29 is 4.74 Å². The van der Waals surface area contributed by atoms with Crippen LogP contribution in [0.5, 0.6) is 5.75 Å². The Bertz CT molecular complexity index is 479. The number of nitrogens with two attached hydrogens (primary N) is 1. The normalized spacial score (nSPS) is 18.2. The van der Waals surface area contributed by atoms with Crippen molar-refractivity contribution in [1.82, 2.24) is 4.90 Å². The molecule has 1 aromatic carbocycles. The minimum absolute atomic E-state index is 0.686. The number of unbranched alkanes of at least 4 members (excludes halogenated alkanes) is 1. The summed E-state index contributed by atoms with van der Waals surface area (Å²) in [5.41, 5.74) is 6.40. The lowest BCUT2D eigenvalue weighted by molar-refractivity contribution is 0.221. The topological polar surface area (TPSA) is 62.3 Å². The number of nitrogens with zero attached hydrogens (tertiary/aromatic N) is 2. The molecule has 0 amide bonds. The monoisotopic (exact) mass is 273 g/mol. The summed E-state index contributed by atoms with van der Waals surface area (Å²) in [5.74, 6) is 1.01. The van der Waals surface area contributed by atoms with Gasteiger partial charge in [-0.25, -0.2) is 0 Å². The van der Waals surface area contributed by atoms with Crippen LogP contribution in [0, 0.1) is 11.3 Å². The van der Waals surface area contributed by atoms with E-state index in [-0.39, 0.29) is 0 Å². The molecule has 1 aliphatic rings. The predicted molar refractivity (Wildman–Crippen MR) is 79.3 cm³/mol. The molecule has 0 aromatic heterocycles. The molecular weight excluding hydrogens is 250 g/mol. The highest BCUT2D eigenvalue weighted by atomic mass is 16.5. The quantitative estimate of drug-likeness (QED) is 0.836. The first-order valence-corrected chi connectivity index (χ1v) is 7.24. The van der Waals surface area contributed by atoms with Gasteiger partial charge >= 0.3 is 0 Å². The van der Waals surface area contributed by atoms with Crippen molar-refractivity contribution in [1.29, 1.82) is 5.26 Å². The second kappa shape index (κ2) is 6.74. The summed E-state index contributed by atoms with van der Waals surface area (Å²) < 4.78 is 5.75. The highest BCUT2D eigenvalue weighted by Gasteiger charge is 2.17. The summed E-state index contributed by atoms with van der Waals surface area (Å²) in [5, 5.41) is 8.89. The summed E-state index contributed by atoms with van der Waals surface area (Å²) in [6.07, 6.45) is 2.81. The van der Waals surface area contributed by atoms with Crippen LogP contribution in [0.4, 0.5) is 0 Å². The van der Waals surface area contributed by atoms with Gasteiger partial charge in [-0.1, -0.05) is 18.2 Å². The summed E-state index contributed by atoms with van der Waals surface area (Å²) in [6.45, 7) is 5.45. The van der Waals surface area contributed by atoms with Crippen molar-refractivity contribution in [3.8, 4) is 11.8 Å². The van der Waals surface area contributed by atoms with E-state index in [1.807, 2.05) is 12.1 Å². The summed E-state index contributed by atoms with van der Waals surface area (Å²) in [4.78, 5) is 2.41. The van der Waals surface area contributed by atoms with E-state index in [1.165, 1.54) is 5.56 Å². The van der Waals surface area contributed by atoms with Crippen LogP contribution < -0.4 is 10.5 Å². The minimum atomic E-state index is -0.686. The molecule has 0 fully saturated rings. The third kappa shape index (κ3) is 4.22. The molecule has 1 aliphatic heterocycles. The summed E-state index contributed by atoms with van der Waals surface area (Å²) in [6, 6.07) is 10.4. The van der Waals surface area contributed by atoms with Crippen molar-refractivity contribution in [3.05, 3.63) is 29.8 Å². The number of para-hydroxylation sites is 1. The molecular formula is C16H23N3O. The van der Waals surface area contributed by atoms with Gasteiger partial charge in [0.25, 0.3) is 0 Å². The Balaban J connectivity index is 1.79. The van der Waals surface area contributed by atoms with Gasteiger partial charge in [-0.15, -0.1) is 0 Å². The fourth-order valence-electron chi connectivity index (χ4n) is 2.45. The Labute approximate surface area is 121 Å². The lowest BCUT2D eigenvalue weighted by atomic mass is 9.98. The Hall–Kier alpha value is -1.57. The Morgan fingerprint density at radius 2 is 2.20 bits per heavy atom. The molecule has 0 bridgehead atoms. The molecule has 1 atom stereocenters. The van der Waals surface area contributed by atoms with Gasteiger partial charge in [0.05, 0.1) is 6.07 Å². The number of benzene rings is 1. The van der Waals surface area contributed by atoms with Crippen molar-refractivity contribution in [3.63, 3.8) is 0 Å². The van der Waals surface area contributed by atoms with E-state index in [9.17, 15) is 0 Å². The molecule has 1 unspecified atom stereocenters. The zero-order valence-electron chi connectivity index (χ0n) is 12.1. The predicted octanol–water partition coefficient (Wildman–Crippen LogP) is 2.29. The van der Waals surface area contributed by atoms with E-state index in [1.54, 1.807) is 6.92 Å². The molecule has 108 valence electrons. The average Bonchev–Trinajstić information content (AvgIpc) is 2.65. The third-order valence-corrected chi connectivity index (χ3v) is 3.71. The first-order valence-electron chi connectivity index (χ1n) is 7.24. The minimum Gasteiger partial charge on any atom is -0.492 e. The van der Waals surface area contributed by atoms with Crippen LogP contribution in [0.2, 0.25) is 0 Å². The van der Waals surface area contributed by atoms with E-state index >= 15 is 0 Å². The average molecular weight is 273 g/mol. The summed E-state index contributed by atoms with van der Waals surface area (Å²) in [7, 11) is 0. The van der Waals surface area contributed by atoms with E-state index in [0.29, 0.717) is 0 Å². The Kier molecular flexibility index (Phi) is 4.99. The fraction of sp³-hybridized carbons (Fsp3) is 0.562. The largest absolute Gasteiger partial charge is 0.492 e. The van der Waals surface area contributed by atoms with E-state index < -0.39 is 5.54 Å². The number of hydrogen-bond donors (Lipinski definition) is 1. The van der Waals surface area contributed by atoms with Gasteiger partial charge in [0, 0.05) is 18.7 Å². The van der Waals surface area contributed by atoms with Gasteiger partial charge in [0.2, 0.25) is 0 Å². The molecule has 1 heterocycles. The van der Waals surface area contributed by atoms with E-state index in [0.717, 1.165) is 51.3 Å². The highest BCUT2D eigenvalue weighted by Crippen LogP contribution is 2.22. The van der Waals surface area contributed by atoms with E-state index in [4.69, 9.17) is 15.7 Å². The zero-order valence-corrected chi connectivity index (χ0v) is 12.1. The Morgan fingerprint density at radius 1 is 1.40 bits per heavy atom. The number of hydrogen-bond acceptors (Lipinski definition) is 4. The lowest BCUT2D eigenvalue weighted by Crippen LogP contribution is -2.34. The van der Waals surface area contributed by atoms with E-state index in [2.05, 4.69) is 23.1 Å². The number of ether oxygens (including phenoxy) is 1. The van der Waals surface area contributed by atoms with Crippen molar-refractivity contribution >= 4 is 0 Å². The SMILES string of the molecule is CC(N)(C#N)CCCCN1CCOc2ccccc2C1. The molecule has 4 heteroatoms. The molecule has 1 aromatic rings. The number of nitriles is 1. The number of fused-ring (bicyclic) bond motifs is 1. The van der Waals surface area contributed by atoms with Crippen LogP contribution in [0.15, 0.2) is 24.3 Å². The van der Waals surface area contributed by atoms with Crippen molar-refractivity contribution in [2.75, 3.05) is 19.7 Å². The molecule has 0 saturated heterocycles. The van der Waals surface area contributed by atoms with Gasteiger partial charge in [0.1, 0.15) is 17.9 Å². The van der Waals surface area contributed by atoms with Crippen LogP contribution in [0.3, 0.4) is 0 Å². The van der Waals surface area contributed by atoms with Crippen LogP contribution in [0.25, 0.3) is 0 Å². The zero-order chi connectivity index (χ0) is 14.4. The lowest BCUT2D eigenvalue weighted by Gasteiger charge is -2.20. The summed E-state index contributed by atoms with van der Waals surface area (Å²) >= 11 is 0. The third-order valence-electron chi connectivity index (χ3n) is 3.71. The smallest absolute Gasteiger partial charge is 0.123 e. The van der Waals surface area contributed by atoms with Gasteiger partial charge in [-0.05, 0) is 38.8 Å². The molecule has 2 N–H and O–H groups in total. The maximum atomic E-state index is 8.89. The fourth-order valence-corrected chi connectivity index (χ4v) is 2.45. The number of rotatable bonds is 5. The first-order chi connectivity index (χ1) is 9.61. The highest BCUT2D eigenvalue weighted by molar-refractivity contribution is 5.33. The van der Waals surface area contributed by atoms with Gasteiger partial charge in [-0.3, -0.25) is 4.90 Å². The standard InChI is InChI=1S/C16H23N3O/c1-16(18,13-17)8-4-5-9-19-10-11-20-15-7-3-2-6-14(15)12-19/h2-3,6-7H,4-5,8-12,18H2,1H3. The maximum Gasteiger partial charge on any atom is 0.123 e. The van der Waals surface area contributed by atoms with Crippen molar-refractivity contribution in [2.24, 2.45) is 5.73 Å². The van der Waals surface area contributed by atoms with Gasteiger partial charge < -0.3 is 10.5 Å². The molecule has 2 rings (SSSR count). The Morgan fingerprint density at radius 3 is 3.00 bits per heavy atom. The molecule has 0 radical (unpaired) electrons.